The third kappa shape index (κ3) is 3.94. The molecule has 6 nitrogen and oxygen atoms in total. The van der Waals surface area contributed by atoms with Crippen molar-refractivity contribution in [2.75, 3.05) is 11.9 Å². The maximum Gasteiger partial charge on any atom is 0.272 e. The van der Waals surface area contributed by atoms with Crippen molar-refractivity contribution < 1.29 is 14.4 Å². The molecule has 0 fully saturated rings. The highest BCUT2D eigenvalue weighted by atomic mass is 16.2. The summed E-state index contributed by atoms with van der Waals surface area (Å²) in [5.41, 5.74) is 3.39. The van der Waals surface area contributed by atoms with Crippen LogP contribution in [0.2, 0.25) is 0 Å². The topological polar surface area (TPSA) is 91.1 Å². The zero-order valence-electron chi connectivity index (χ0n) is 15.9. The van der Waals surface area contributed by atoms with Crippen molar-refractivity contribution in [2.45, 2.75) is 40.0 Å². The van der Waals surface area contributed by atoms with Crippen molar-refractivity contribution in [2.24, 2.45) is 5.92 Å². The SMILES string of the molecule is Cc1c(C(=O)Nc2ccccc2C(=O)NCC(C)C)[nH]c2c1C(=O)CCC2. The minimum absolute atomic E-state index is 0.0810. The summed E-state index contributed by atoms with van der Waals surface area (Å²) in [4.78, 5) is 40.5. The van der Waals surface area contributed by atoms with Gasteiger partial charge in [0.1, 0.15) is 5.69 Å². The number of benzene rings is 1. The first-order valence-corrected chi connectivity index (χ1v) is 9.31. The average Bonchev–Trinajstić information content (AvgIpc) is 2.98. The fraction of sp³-hybridized carbons (Fsp3) is 0.381. The van der Waals surface area contributed by atoms with Gasteiger partial charge in [-0.2, -0.15) is 0 Å². The minimum Gasteiger partial charge on any atom is -0.354 e. The highest BCUT2D eigenvalue weighted by molar-refractivity contribution is 6.11. The lowest BCUT2D eigenvalue weighted by Crippen LogP contribution is -2.28. The van der Waals surface area contributed by atoms with Crippen molar-refractivity contribution in [3.8, 4) is 0 Å². The molecule has 1 aromatic heterocycles. The number of aromatic nitrogens is 1. The maximum absolute atomic E-state index is 12.8. The van der Waals surface area contributed by atoms with E-state index in [1.807, 2.05) is 13.8 Å². The summed E-state index contributed by atoms with van der Waals surface area (Å²) in [5.74, 6) is -0.158. The summed E-state index contributed by atoms with van der Waals surface area (Å²) in [5, 5.41) is 5.68. The Morgan fingerprint density at radius 1 is 1.15 bits per heavy atom. The van der Waals surface area contributed by atoms with Gasteiger partial charge in [0.15, 0.2) is 5.78 Å². The Morgan fingerprint density at radius 2 is 1.89 bits per heavy atom. The second-order valence-corrected chi connectivity index (χ2v) is 7.36. The lowest BCUT2D eigenvalue weighted by molar-refractivity contribution is 0.0947. The predicted octanol–water partition coefficient (Wildman–Crippen LogP) is 3.48. The number of hydrogen-bond donors (Lipinski definition) is 3. The summed E-state index contributed by atoms with van der Waals surface area (Å²) in [7, 11) is 0. The first kappa shape index (κ1) is 18.9. The molecule has 27 heavy (non-hydrogen) atoms. The molecule has 0 unspecified atom stereocenters. The van der Waals surface area contributed by atoms with E-state index in [0.29, 0.717) is 47.0 Å². The van der Waals surface area contributed by atoms with Gasteiger partial charge in [-0.05, 0) is 43.4 Å². The predicted molar refractivity (Wildman–Crippen MR) is 104 cm³/mol. The van der Waals surface area contributed by atoms with Crippen LogP contribution in [0.4, 0.5) is 5.69 Å². The molecular formula is C21H25N3O3. The third-order valence-corrected chi connectivity index (χ3v) is 4.75. The molecule has 3 N–H and O–H groups in total. The third-order valence-electron chi connectivity index (χ3n) is 4.75. The summed E-state index contributed by atoms with van der Waals surface area (Å²) < 4.78 is 0. The molecule has 6 heteroatoms. The van der Waals surface area contributed by atoms with Gasteiger partial charge in [0.05, 0.1) is 11.3 Å². The van der Waals surface area contributed by atoms with Crippen molar-refractivity contribution in [1.29, 1.82) is 0 Å². The van der Waals surface area contributed by atoms with E-state index in [1.165, 1.54) is 0 Å². The number of carbonyl (C=O) groups excluding carboxylic acids is 3. The van der Waals surface area contributed by atoms with Crippen LogP contribution in [0.5, 0.6) is 0 Å². The Balaban J connectivity index is 1.83. The second-order valence-electron chi connectivity index (χ2n) is 7.36. The first-order valence-electron chi connectivity index (χ1n) is 9.31. The highest BCUT2D eigenvalue weighted by Gasteiger charge is 2.26. The number of rotatable bonds is 5. The normalized spacial score (nSPS) is 13.4. The van der Waals surface area contributed by atoms with Crippen molar-refractivity contribution in [3.63, 3.8) is 0 Å². The van der Waals surface area contributed by atoms with Crippen LogP contribution >= 0.6 is 0 Å². The van der Waals surface area contributed by atoms with Gasteiger partial charge in [-0.1, -0.05) is 26.0 Å². The zero-order chi connectivity index (χ0) is 19.6. The molecule has 1 aliphatic rings. The van der Waals surface area contributed by atoms with Crippen LogP contribution < -0.4 is 10.6 Å². The van der Waals surface area contributed by atoms with Crippen LogP contribution in [0.15, 0.2) is 24.3 Å². The number of hydrogen-bond acceptors (Lipinski definition) is 3. The zero-order valence-corrected chi connectivity index (χ0v) is 15.9. The fourth-order valence-electron chi connectivity index (χ4n) is 3.37. The lowest BCUT2D eigenvalue weighted by Gasteiger charge is -2.12. The molecule has 0 saturated carbocycles. The summed E-state index contributed by atoms with van der Waals surface area (Å²) in [6.45, 7) is 6.39. The van der Waals surface area contributed by atoms with E-state index in [-0.39, 0.29) is 17.6 Å². The van der Waals surface area contributed by atoms with Crippen LogP contribution in [0, 0.1) is 12.8 Å². The molecule has 0 spiro atoms. The lowest BCUT2D eigenvalue weighted by atomic mass is 9.94. The van der Waals surface area contributed by atoms with E-state index in [9.17, 15) is 14.4 Å². The number of fused-ring (bicyclic) bond motifs is 1. The van der Waals surface area contributed by atoms with Crippen molar-refractivity contribution in [1.82, 2.24) is 10.3 Å². The van der Waals surface area contributed by atoms with E-state index in [4.69, 9.17) is 0 Å². The highest BCUT2D eigenvalue weighted by Crippen LogP contribution is 2.27. The number of ketones is 1. The first-order chi connectivity index (χ1) is 12.9. The van der Waals surface area contributed by atoms with Gasteiger partial charge in [-0.15, -0.1) is 0 Å². The molecule has 0 radical (unpaired) electrons. The van der Waals surface area contributed by atoms with Crippen LogP contribution in [-0.4, -0.2) is 29.1 Å². The Hall–Kier alpha value is -2.89. The second kappa shape index (κ2) is 7.78. The van der Waals surface area contributed by atoms with Gasteiger partial charge in [-0.3, -0.25) is 14.4 Å². The molecular weight excluding hydrogens is 342 g/mol. The summed E-state index contributed by atoms with van der Waals surface area (Å²) in [6.07, 6.45) is 2.08. The standard InChI is InChI=1S/C21H25N3O3/c1-12(2)11-22-20(26)14-7-4-5-8-15(14)24-21(27)19-13(3)18-16(23-19)9-6-10-17(18)25/h4-5,7-8,12,23H,6,9-11H2,1-3H3,(H,22,26)(H,24,27). The molecule has 1 aliphatic carbocycles. The fourth-order valence-corrected chi connectivity index (χ4v) is 3.37. The summed E-state index contributed by atoms with van der Waals surface area (Å²) >= 11 is 0. The van der Waals surface area contributed by atoms with Gasteiger partial charge >= 0.3 is 0 Å². The van der Waals surface area contributed by atoms with E-state index < -0.39 is 0 Å². The molecule has 0 saturated heterocycles. The van der Waals surface area contributed by atoms with Crippen molar-refractivity contribution in [3.05, 3.63) is 52.3 Å². The Kier molecular flexibility index (Phi) is 5.44. The molecule has 1 aromatic carbocycles. The van der Waals surface area contributed by atoms with E-state index in [0.717, 1.165) is 18.5 Å². The average molecular weight is 367 g/mol. The molecule has 3 rings (SSSR count). The van der Waals surface area contributed by atoms with E-state index in [2.05, 4.69) is 15.6 Å². The van der Waals surface area contributed by atoms with Crippen LogP contribution in [0.1, 0.15) is 69.2 Å². The van der Waals surface area contributed by atoms with Crippen LogP contribution in [0.3, 0.4) is 0 Å². The number of amides is 2. The Morgan fingerprint density at radius 3 is 2.59 bits per heavy atom. The number of H-pyrrole nitrogens is 1. The van der Waals surface area contributed by atoms with Gasteiger partial charge in [-0.25, -0.2) is 0 Å². The molecule has 0 aliphatic heterocycles. The monoisotopic (exact) mass is 367 g/mol. The molecule has 0 atom stereocenters. The molecule has 142 valence electrons. The number of anilines is 1. The quantitative estimate of drug-likeness (QED) is 0.755. The van der Waals surface area contributed by atoms with Crippen LogP contribution in [0.25, 0.3) is 0 Å². The summed E-state index contributed by atoms with van der Waals surface area (Å²) in [6, 6.07) is 6.91. The number of para-hydroxylation sites is 1. The van der Waals surface area contributed by atoms with Crippen molar-refractivity contribution >= 4 is 23.3 Å². The number of nitrogens with one attached hydrogen (secondary N) is 3. The number of Topliss-reactive ketones (excluding diaryl/α,β-unsaturated/α-hetero) is 1. The van der Waals surface area contributed by atoms with Gasteiger partial charge < -0.3 is 15.6 Å². The smallest absolute Gasteiger partial charge is 0.272 e. The Bertz CT molecular complexity index is 896. The van der Waals surface area contributed by atoms with Gasteiger partial charge in [0.2, 0.25) is 0 Å². The minimum atomic E-state index is -0.348. The van der Waals surface area contributed by atoms with Gasteiger partial charge in [0.25, 0.3) is 11.8 Å². The van der Waals surface area contributed by atoms with E-state index >= 15 is 0 Å². The largest absolute Gasteiger partial charge is 0.354 e. The maximum atomic E-state index is 12.8. The molecule has 2 amide bonds. The number of aryl methyl sites for hydroxylation is 1. The van der Waals surface area contributed by atoms with Crippen LogP contribution in [-0.2, 0) is 6.42 Å². The number of carbonyl (C=O) groups is 3. The Labute approximate surface area is 158 Å². The van der Waals surface area contributed by atoms with E-state index in [1.54, 1.807) is 31.2 Å². The molecule has 1 heterocycles. The number of aromatic amines is 1. The molecule has 2 aromatic rings. The van der Waals surface area contributed by atoms with Gasteiger partial charge in [0, 0.05) is 24.2 Å². The molecule has 0 bridgehead atoms.